The molecule has 1 fully saturated rings. The molecule has 0 atom stereocenters. The standard InChI is InChI=1S/C25H33F/c1-3-5-6-7-20-10-14-22(15-11-20)24-17-16-23(18-25(24)26)21-12-8-19(4-2)9-13-21/h8-9,12-13,16-18,20,22H,3-7,10-11,14-15H2,1-2H3. The van der Waals surface area contributed by atoms with Crippen molar-refractivity contribution >= 4 is 0 Å². The predicted molar refractivity (Wildman–Crippen MR) is 110 cm³/mol. The Morgan fingerprint density at radius 3 is 2.15 bits per heavy atom. The zero-order valence-corrected chi connectivity index (χ0v) is 16.4. The minimum atomic E-state index is -0.0171. The lowest BCUT2D eigenvalue weighted by atomic mass is 9.76. The van der Waals surface area contributed by atoms with Gasteiger partial charge in [0.2, 0.25) is 0 Å². The molecule has 0 radical (unpaired) electrons. The van der Waals surface area contributed by atoms with Crippen molar-refractivity contribution in [2.75, 3.05) is 0 Å². The quantitative estimate of drug-likeness (QED) is 0.444. The molecular formula is C25H33F. The highest BCUT2D eigenvalue weighted by Crippen LogP contribution is 2.39. The normalized spacial score (nSPS) is 20.3. The lowest BCUT2D eigenvalue weighted by Crippen LogP contribution is -2.14. The Morgan fingerprint density at radius 1 is 0.846 bits per heavy atom. The molecule has 0 spiro atoms. The van der Waals surface area contributed by atoms with E-state index in [1.807, 2.05) is 6.07 Å². The van der Waals surface area contributed by atoms with Crippen molar-refractivity contribution in [2.24, 2.45) is 5.92 Å². The van der Waals surface area contributed by atoms with Crippen LogP contribution >= 0.6 is 0 Å². The van der Waals surface area contributed by atoms with Crippen LogP contribution in [-0.4, -0.2) is 0 Å². The second-order valence-electron chi connectivity index (χ2n) is 8.00. The Labute approximate surface area is 158 Å². The Hall–Kier alpha value is -1.63. The molecule has 0 N–H and O–H groups in total. The van der Waals surface area contributed by atoms with Gasteiger partial charge in [-0.05, 0) is 72.3 Å². The van der Waals surface area contributed by atoms with E-state index in [9.17, 15) is 4.39 Å². The van der Waals surface area contributed by atoms with Crippen molar-refractivity contribution in [3.8, 4) is 11.1 Å². The average Bonchev–Trinajstić information content (AvgIpc) is 2.69. The minimum absolute atomic E-state index is 0.0171. The van der Waals surface area contributed by atoms with Crippen LogP contribution in [0.25, 0.3) is 11.1 Å². The van der Waals surface area contributed by atoms with E-state index < -0.39 is 0 Å². The number of rotatable bonds is 7. The fraction of sp³-hybridized carbons (Fsp3) is 0.520. The summed E-state index contributed by atoms with van der Waals surface area (Å²) in [7, 11) is 0. The molecule has 2 aromatic carbocycles. The second-order valence-corrected chi connectivity index (χ2v) is 8.00. The Bertz CT molecular complexity index is 678. The summed E-state index contributed by atoms with van der Waals surface area (Å²) in [6, 6.07) is 14.4. The molecule has 0 amide bonds. The summed E-state index contributed by atoms with van der Waals surface area (Å²) in [5.74, 6) is 1.27. The van der Waals surface area contributed by atoms with E-state index in [0.717, 1.165) is 41.9 Å². The van der Waals surface area contributed by atoms with Crippen LogP contribution in [-0.2, 0) is 6.42 Å². The molecule has 1 aliphatic carbocycles. The summed E-state index contributed by atoms with van der Waals surface area (Å²) >= 11 is 0. The van der Waals surface area contributed by atoms with Gasteiger partial charge in [0.15, 0.2) is 0 Å². The average molecular weight is 353 g/mol. The fourth-order valence-corrected chi connectivity index (χ4v) is 4.42. The Kier molecular flexibility index (Phi) is 6.88. The van der Waals surface area contributed by atoms with Crippen LogP contribution in [0.3, 0.4) is 0 Å². The number of hydrogen-bond donors (Lipinski definition) is 0. The molecule has 0 aliphatic heterocycles. The molecule has 3 rings (SSSR count). The van der Waals surface area contributed by atoms with Crippen LogP contribution in [0, 0.1) is 11.7 Å². The number of halogens is 1. The molecular weight excluding hydrogens is 319 g/mol. The largest absolute Gasteiger partial charge is 0.207 e. The van der Waals surface area contributed by atoms with Gasteiger partial charge in [0.05, 0.1) is 0 Å². The SMILES string of the molecule is CCCCCC1CCC(c2ccc(-c3ccc(CC)cc3)cc2F)CC1. The molecule has 140 valence electrons. The monoisotopic (exact) mass is 352 g/mol. The molecule has 0 unspecified atom stereocenters. The number of aryl methyl sites for hydroxylation is 1. The van der Waals surface area contributed by atoms with Crippen molar-refractivity contribution in [3.05, 3.63) is 59.4 Å². The van der Waals surface area contributed by atoms with Crippen LogP contribution in [0.1, 0.15) is 82.3 Å². The summed E-state index contributed by atoms with van der Waals surface area (Å²) < 4.78 is 14.8. The first-order chi connectivity index (χ1) is 12.7. The van der Waals surface area contributed by atoms with Crippen LogP contribution in [0.5, 0.6) is 0 Å². The predicted octanol–water partition coefficient (Wildman–Crippen LogP) is 7.91. The van der Waals surface area contributed by atoms with E-state index in [4.69, 9.17) is 0 Å². The smallest absolute Gasteiger partial charge is 0.127 e. The summed E-state index contributed by atoms with van der Waals surface area (Å²) in [6.45, 7) is 4.42. The molecule has 0 aromatic heterocycles. The van der Waals surface area contributed by atoms with E-state index in [1.165, 1.54) is 44.1 Å². The number of hydrogen-bond acceptors (Lipinski definition) is 0. The van der Waals surface area contributed by atoms with E-state index >= 15 is 0 Å². The van der Waals surface area contributed by atoms with Crippen molar-refractivity contribution in [1.82, 2.24) is 0 Å². The number of unbranched alkanes of at least 4 members (excludes halogenated alkanes) is 2. The third-order valence-corrected chi connectivity index (χ3v) is 6.20. The lowest BCUT2D eigenvalue weighted by Gasteiger charge is -2.29. The van der Waals surface area contributed by atoms with Gasteiger partial charge in [0, 0.05) is 0 Å². The summed E-state index contributed by atoms with van der Waals surface area (Å²) in [5.41, 5.74) is 4.35. The molecule has 26 heavy (non-hydrogen) atoms. The maximum Gasteiger partial charge on any atom is 0.127 e. The minimum Gasteiger partial charge on any atom is -0.207 e. The van der Waals surface area contributed by atoms with Crippen LogP contribution in [0.15, 0.2) is 42.5 Å². The summed E-state index contributed by atoms with van der Waals surface area (Å²) in [4.78, 5) is 0. The van der Waals surface area contributed by atoms with Crippen molar-refractivity contribution in [1.29, 1.82) is 0 Å². The Balaban J connectivity index is 1.63. The highest BCUT2D eigenvalue weighted by molar-refractivity contribution is 5.64. The molecule has 1 heteroatoms. The van der Waals surface area contributed by atoms with Gasteiger partial charge in [-0.15, -0.1) is 0 Å². The maximum absolute atomic E-state index is 14.8. The topological polar surface area (TPSA) is 0 Å². The first-order valence-corrected chi connectivity index (χ1v) is 10.6. The van der Waals surface area contributed by atoms with E-state index in [1.54, 1.807) is 6.07 Å². The molecule has 0 nitrogen and oxygen atoms in total. The van der Waals surface area contributed by atoms with Crippen LogP contribution in [0.4, 0.5) is 4.39 Å². The van der Waals surface area contributed by atoms with E-state index in [2.05, 4.69) is 44.2 Å². The van der Waals surface area contributed by atoms with Gasteiger partial charge in [-0.1, -0.05) is 75.9 Å². The molecule has 1 aliphatic rings. The number of benzene rings is 2. The van der Waals surface area contributed by atoms with Gasteiger partial charge in [-0.3, -0.25) is 0 Å². The van der Waals surface area contributed by atoms with Gasteiger partial charge in [0.1, 0.15) is 5.82 Å². The molecule has 2 aromatic rings. The maximum atomic E-state index is 14.8. The molecule has 1 saturated carbocycles. The van der Waals surface area contributed by atoms with Crippen molar-refractivity contribution in [3.63, 3.8) is 0 Å². The van der Waals surface area contributed by atoms with Gasteiger partial charge < -0.3 is 0 Å². The molecule has 0 bridgehead atoms. The fourth-order valence-electron chi connectivity index (χ4n) is 4.42. The summed E-state index contributed by atoms with van der Waals surface area (Å²) in [5, 5.41) is 0. The van der Waals surface area contributed by atoms with Gasteiger partial charge in [0.25, 0.3) is 0 Å². The third-order valence-electron chi connectivity index (χ3n) is 6.20. The Morgan fingerprint density at radius 2 is 1.54 bits per heavy atom. The zero-order valence-electron chi connectivity index (χ0n) is 16.4. The first-order valence-electron chi connectivity index (χ1n) is 10.6. The second kappa shape index (κ2) is 9.35. The van der Waals surface area contributed by atoms with Gasteiger partial charge in [-0.25, -0.2) is 4.39 Å². The van der Waals surface area contributed by atoms with Gasteiger partial charge >= 0.3 is 0 Å². The highest BCUT2D eigenvalue weighted by Gasteiger charge is 2.24. The molecule has 0 saturated heterocycles. The van der Waals surface area contributed by atoms with Crippen LogP contribution < -0.4 is 0 Å². The zero-order chi connectivity index (χ0) is 18.4. The van der Waals surface area contributed by atoms with Gasteiger partial charge in [-0.2, -0.15) is 0 Å². The van der Waals surface area contributed by atoms with Crippen molar-refractivity contribution < 1.29 is 4.39 Å². The van der Waals surface area contributed by atoms with Crippen LogP contribution in [0.2, 0.25) is 0 Å². The molecule has 0 heterocycles. The van der Waals surface area contributed by atoms with E-state index in [-0.39, 0.29) is 5.82 Å². The first kappa shape index (κ1) is 19.1. The van der Waals surface area contributed by atoms with E-state index in [0.29, 0.717) is 5.92 Å². The highest BCUT2D eigenvalue weighted by atomic mass is 19.1. The third kappa shape index (κ3) is 4.75. The lowest BCUT2D eigenvalue weighted by molar-refractivity contribution is 0.299. The summed E-state index contributed by atoms with van der Waals surface area (Å²) in [6.07, 6.45) is 11.3. The van der Waals surface area contributed by atoms with Crippen molar-refractivity contribution in [2.45, 2.75) is 77.6 Å².